The van der Waals surface area contributed by atoms with Crippen LogP contribution in [0.5, 0.6) is 0 Å². The summed E-state index contributed by atoms with van der Waals surface area (Å²) in [5.74, 6) is -0.500. The van der Waals surface area contributed by atoms with Crippen molar-refractivity contribution in [3.05, 3.63) is 33.7 Å². The summed E-state index contributed by atoms with van der Waals surface area (Å²) >= 11 is 0. The van der Waals surface area contributed by atoms with E-state index in [1.165, 1.54) is 19.1 Å². The SMILES string of the molecule is Cc1c([NH+]([O-])O)cc(C(=O)NC(C)C)cc1[NH+]([O-])O. The van der Waals surface area contributed by atoms with Crippen molar-refractivity contribution < 1.29 is 25.7 Å². The van der Waals surface area contributed by atoms with Crippen molar-refractivity contribution in [3.8, 4) is 0 Å². The van der Waals surface area contributed by atoms with Crippen LogP contribution in [0.25, 0.3) is 0 Å². The molecule has 1 aromatic carbocycles. The highest BCUT2D eigenvalue weighted by Gasteiger charge is 2.20. The highest BCUT2D eigenvalue weighted by molar-refractivity contribution is 5.96. The second-order valence-corrected chi connectivity index (χ2v) is 4.43. The molecule has 0 fully saturated rings. The number of amides is 1. The molecule has 8 nitrogen and oxygen atoms in total. The molecule has 0 aromatic heterocycles. The van der Waals surface area contributed by atoms with Crippen LogP contribution in [0.3, 0.4) is 0 Å². The van der Waals surface area contributed by atoms with Crippen molar-refractivity contribution in [3.63, 3.8) is 0 Å². The zero-order chi connectivity index (χ0) is 14.7. The second-order valence-electron chi connectivity index (χ2n) is 4.43. The minimum atomic E-state index is -1.26. The zero-order valence-electron chi connectivity index (χ0n) is 10.9. The molecule has 19 heavy (non-hydrogen) atoms. The van der Waals surface area contributed by atoms with E-state index in [1.54, 1.807) is 13.8 Å². The predicted molar refractivity (Wildman–Crippen MR) is 65.3 cm³/mol. The van der Waals surface area contributed by atoms with Crippen LogP contribution >= 0.6 is 0 Å². The Morgan fingerprint density at radius 2 is 1.63 bits per heavy atom. The second kappa shape index (κ2) is 6.06. The van der Waals surface area contributed by atoms with Gasteiger partial charge in [0.15, 0.2) is 11.4 Å². The largest absolute Gasteiger partial charge is 0.595 e. The molecule has 0 bridgehead atoms. The van der Waals surface area contributed by atoms with Crippen molar-refractivity contribution in [1.29, 1.82) is 0 Å². The maximum Gasteiger partial charge on any atom is 0.251 e. The van der Waals surface area contributed by atoms with Crippen LogP contribution in [0, 0.1) is 17.3 Å². The quantitative estimate of drug-likeness (QED) is 0.446. The number of carbonyl (C=O) groups excluding carboxylic acids is 1. The Hall–Kier alpha value is -1.55. The van der Waals surface area contributed by atoms with Gasteiger partial charge in [0.1, 0.15) is 0 Å². The normalized spacial score (nSPS) is 14.3. The number of nitrogens with one attached hydrogen (secondary N) is 3. The average molecular weight is 271 g/mol. The van der Waals surface area contributed by atoms with Crippen LogP contribution in [0.2, 0.25) is 0 Å². The molecule has 0 saturated carbocycles. The first-order valence-corrected chi connectivity index (χ1v) is 5.66. The van der Waals surface area contributed by atoms with Gasteiger partial charge in [-0.2, -0.15) is 10.5 Å². The smallest absolute Gasteiger partial charge is 0.251 e. The molecule has 0 aliphatic rings. The van der Waals surface area contributed by atoms with Gasteiger partial charge in [0.05, 0.1) is 11.1 Å². The number of benzene rings is 1. The van der Waals surface area contributed by atoms with Crippen molar-refractivity contribution in [2.45, 2.75) is 26.8 Å². The maximum absolute atomic E-state index is 11.8. The highest BCUT2D eigenvalue weighted by Crippen LogP contribution is 2.20. The number of hydrogen-bond donors (Lipinski definition) is 5. The molecule has 5 N–H and O–H groups in total. The van der Waals surface area contributed by atoms with E-state index in [0.717, 1.165) is 0 Å². The van der Waals surface area contributed by atoms with Crippen molar-refractivity contribution in [2.75, 3.05) is 0 Å². The fourth-order valence-corrected chi connectivity index (χ4v) is 1.64. The lowest BCUT2D eigenvalue weighted by Gasteiger charge is -2.20. The standard InChI is InChI=1S/C11H17N3O5/c1-6(2)12-11(15)8-4-9(13(16)17)7(3)10(5-8)14(18)19/h4-6,13-14,16,18H,1-3H3,(H,12,15). The minimum absolute atomic E-state index is 0.0223. The van der Waals surface area contributed by atoms with Crippen molar-refractivity contribution in [1.82, 2.24) is 5.32 Å². The molecule has 1 amide bonds. The van der Waals surface area contributed by atoms with E-state index < -0.39 is 16.4 Å². The Morgan fingerprint density at radius 1 is 1.21 bits per heavy atom. The lowest BCUT2D eigenvalue weighted by molar-refractivity contribution is -0.996. The molecule has 8 heteroatoms. The topological polar surface area (TPSA) is 125 Å². The zero-order valence-corrected chi connectivity index (χ0v) is 10.9. The first-order valence-electron chi connectivity index (χ1n) is 5.66. The molecule has 0 spiro atoms. The van der Waals surface area contributed by atoms with Crippen molar-refractivity contribution >= 4 is 17.3 Å². The summed E-state index contributed by atoms with van der Waals surface area (Å²) in [6.45, 7) is 4.90. The summed E-state index contributed by atoms with van der Waals surface area (Å²) in [6.07, 6.45) is 0. The summed E-state index contributed by atoms with van der Waals surface area (Å²) in [5, 5.41) is 40.3. The van der Waals surface area contributed by atoms with E-state index >= 15 is 0 Å². The molecule has 0 saturated heterocycles. The van der Waals surface area contributed by atoms with Crippen LogP contribution < -0.4 is 15.8 Å². The first-order chi connectivity index (χ1) is 8.73. The molecule has 0 aliphatic carbocycles. The van der Waals surface area contributed by atoms with Gasteiger partial charge in [-0.1, -0.05) is 0 Å². The number of carbonyl (C=O) groups is 1. The van der Waals surface area contributed by atoms with Crippen molar-refractivity contribution in [2.24, 2.45) is 0 Å². The summed E-state index contributed by atoms with van der Waals surface area (Å²) in [7, 11) is 0. The third kappa shape index (κ3) is 3.70. The van der Waals surface area contributed by atoms with E-state index in [1.807, 2.05) is 0 Å². The number of rotatable bonds is 4. The Kier molecular flexibility index (Phi) is 4.95. The van der Waals surface area contributed by atoms with E-state index in [2.05, 4.69) is 5.32 Å². The van der Waals surface area contributed by atoms with Gasteiger partial charge >= 0.3 is 0 Å². The summed E-state index contributed by atoms with van der Waals surface area (Å²) in [6, 6.07) is 2.24. The first kappa shape index (κ1) is 15.5. The fourth-order valence-electron chi connectivity index (χ4n) is 1.64. The Labute approximate surface area is 109 Å². The Bertz CT molecular complexity index is 444. The Balaban J connectivity index is 3.30. The van der Waals surface area contributed by atoms with E-state index in [4.69, 9.17) is 10.4 Å². The highest BCUT2D eigenvalue weighted by atomic mass is 16.8. The third-order valence-corrected chi connectivity index (χ3v) is 2.55. The third-order valence-electron chi connectivity index (χ3n) is 2.55. The molecule has 0 radical (unpaired) electrons. The van der Waals surface area contributed by atoms with Gasteiger partial charge in [-0.15, -0.1) is 0 Å². The van der Waals surface area contributed by atoms with Gasteiger partial charge in [0.25, 0.3) is 5.91 Å². The van der Waals surface area contributed by atoms with Gasteiger partial charge in [0.2, 0.25) is 0 Å². The van der Waals surface area contributed by atoms with Crippen LogP contribution in [0.4, 0.5) is 11.4 Å². The van der Waals surface area contributed by atoms with Crippen LogP contribution in [0.1, 0.15) is 29.8 Å². The van der Waals surface area contributed by atoms with E-state index in [-0.39, 0.29) is 28.5 Å². The molecule has 2 atom stereocenters. The monoisotopic (exact) mass is 271 g/mol. The molecular weight excluding hydrogens is 254 g/mol. The van der Waals surface area contributed by atoms with Gasteiger partial charge in [0, 0.05) is 18.2 Å². The molecule has 0 aliphatic heterocycles. The fraction of sp³-hybridized carbons (Fsp3) is 0.364. The Morgan fingerprint density at radius 3 is 1.95 bits per heavy atom. The molecule has 106 valence electrons. The minimum Gasteiger partial charge on any atom is -0.595 e. The number of quaternary nitrogens is 2. The van der Waals surface area contributed by atoms with E-state index in [9.17, 15) is 15.2 Å². The molecule has 1 rings (SSSR count). The lowest BCUT2D eigenvalue weighted by Crippen LogP contribution is -3.01. The molecule has 1 aromatic rings. The van der Waals surface area contributed by atoms with Gasteiger partial charge in [-0.3, -0.25) is 4.79 Å². The summed E-state index contributed by atoms with van der Waals surface area (Å²) in [5.41, 5.74) is -0.224. The molecule has 0 heterocycles. The van der Waals surface area contributed by atoms with Crippen LogP contribution in [0.15, 0.2) is 12.1 Å². The van der Waals surface area contributed by atoms with Crippen LogP contribution in [-0.4, -0.2) is 22.4 Å². The maximum atomic E-state index is 11.8. The molecular formula is C11H17N3O5. The summed E-state index contributed by atoms with van der Waals surface area (Å²) in [4.78, 5) is 11.8. The van der Waals surface area contributed by atoms with Gasteiger partial charge < -0.3 is 15.7 Å². The average Bonchev–Trinajstić information content (AvgIpc) is 2.27. The molecule has 2 unspecified atom stereocenters. The number of hydrogen-bond acceptors (Lipinski definition) is 5. The van der Waals surface area contributed by atoms with Gasteiger partial charge in [-0.25, -0.2) is 10.4 Å². The lowest BCUT2D eigenvalue weighted by atomic mass is 10.1. The predicted octanol–water partition coefficient (Wildman–Crippen LogP) is -1.06. The van der Waals surface area contributed by atoms with Crippen LogP contribution in [-0.2, 0) is 0 Å². The van der Waals surface area contributed by atoms with Gasteiger partial charge in [-0.05, 0) is 20.8 Å². The summed E-state index contributed by atoms with van der Waals surface area (Å²) < 4.78 is 0. The van der Waals surface area contributed by atoms with E-state index in [0.29, 0.717) is 0 Å².